The molecule has 1 aliphatic heterocycles. The lowest BCUT2D eigenvalue weighted by atomic mass is 10.2. The molecule has 1 fully saturated rings. The van der Waals surface area contributed by atoms with Crippen LogP contribution < -0.4 is 10.6 Å². The number of hydrogen-bond donors (Lipinski definition) is 2. The summed E-state index contributed by atoms with van der Waals surface area (Å²) in [7, 11) is 3.90. The molecule has 0 atom stereocenters. The molecule has 1 rings (SSSR count). The number of aliphatic imine (C=N–C) groups is 1. The fourth-order valence-electron chi connectivity index (χ4n) is 1.55. The van der Waals surface area contributed by atoms with E-state index in [2.05, 4.69) is 33.8 Å². The van der Waals surface area contributed by atoms with E-state index in [0.29, 0.717) is 0 Å². The molecule has 0 aromatic carbocycles. The van der Waals surface area contributed by atoms with Crippen molar-refractivity contribution in [1.29, 1.82) is 0 Å². The zero-order chi connectivity index (χ0) is 11.4. The van der Waals surface area contributed by atoms with Gasteiger partial charge in [0.15, 0.2) is 0 Å². The van der Waals surface area contributed by atoms with Gasteiger partial charge in [-0.2, -0.15) is 0 Å². The van der Waals surface area contributed by atoms with Crippen LogP contribution in [-0.4, -0.2) is 32.4 Å². The molecule has 0 bridgehead atoms. The normalized spacial score (nSPS) is 21.9. The summed E-state index contributed by atoms with van der Waals surface area (Å²) in [6.07, 6.45) is 1.72. The third-order valence-corrected chi connectivity index (χ3v) is 2.47. The minimum absolute atomic E-state index is 0.774. The van der Waals surface area contributed by atoms with Crippen molar-refractivity contribution in [1.82, 2.24) is 15.5 Å². The second-order valence-electron chi connectivity index (χ2n) is 3.38. The van der Waals surface area contributed by atoms with E-state index in [4.69, 9.17) is 0 Å². The molecular formula is C11H18N4. The summed E-state index contributed by atoms with van der Waals surface area (Å²) in [5.74, 6) is 0. The molecule has 0 aliphatic carbocycles. The fraction of sp³-hybridized carbons (Fsp3) is 0.364. The number of nitrogens with one attached hydrogen (secondary N) is 2. The third-order valence-electron chi connectivity index (χ3n) is 2.47. The minimum atomic E-state index is 0.774. The summed E-state index contributed by atoms with van der Waals surface area (Å²) < 4.78 is 0. The van der Waals surface area contributed by atoms with E-state index >= 15 is 0 Å². The van der Waals surface area contributed by atoms with E-state index in [0.717, 1.165) is 29.5 Å². The van der Waals surface area contributed by atoms with Crippen LogP contribution in [0.4, 0.5) is 0 Å². The molecule has 0 radical (unpaired) electrons. The van der Waals surface area contributed by atoms with Crippen molar-refractivity contribution in [2.75, 3.05) is 20.8 Å². The minimum Gasteiger partial charge on any atom is -0.390 e. The first-order valence-corrected chi connectivity index (χ1v) is 4.83. The highest BCUT2D eigenvalue weighted by Gasteiger charge is 2.22. The molecule has 0 amide bonds. The maximum atomic E-state index is 3.97. The predicted molar refractivity (Wildman–Crippen MR) is 64.3 cm³/mol. The lowest BCUT2D eigenvalue weighted by Gasteiger charge is -2.14. The van der Waals surface area contributed by atoms with Crippen LogP contribution in [0.2, 0.25) is 0 Å². The molecule has 0 unspecified atom stereocenters. The maximum absolute atomic E-state index is 3.97. The number of likely N-dealkylation sites (N-methyl/N-ethyl adjacent to an activating group) is 1. The van der Waals surface area contributed by atoms with Gasteiger partial charge in [-0.25, -0.2) is 0 Å². The topological polar surface area (TPSA) is 39.7 Å². The van der Waals surface area contributed by atoms with E-state index in [-0.39, 0.29) is 0 Å². The number of allylic oxidation sites excluding steroid dienone is 2. The second kappa shape index (κ2) is 4.68. The molecule has 0 aromatic rings. The lowest BCUT2D eigenvalue weighted by molar-refractivity contribution is 0.463. The van der Waals surface area contributed by atoms with E-state index in [9.17, 15) is 0 Å². The Labute approximate surface area is 91.1 Å². The molecule has 2 N–H and O–H groups in total. The van der Waals surface area contributed by atoms with Crippen LogP contribution in [-0.2, 0) is 0 Å². The van der Waals surface area contributed by atoms with Crippen molar-refractivity contribution < 1.29 is 0 Å². The zero-order valence-electron chi connectivity index (χ0n) is 9.59. The van der Waals surface area contributed by atoms with Gasteiger partial charge in [0, 0.05) is 19.8 Å². The first-order chi connectivity index (χ1) is 7.15. The summed E-state index contributed by atoms with van der Waals surface area (Å²) in [5, 5.41) is 6.43. The molecule has 4 nitrogen and oxygen atoms in total. The van der Waals surface area contributed by atoms with Crippen LogP contribution in [0.1, 0.15) is 6.92 Å². The highest BCUT2D eigenvalue weighted by molar-refractivity contribution is 5.45. The van der Waals surface area contributed by atoms with Crippen LogP contribution in [0.5, 0.6) is 0 Å². The molecule has 1 aliphatic rings. The van der Waals surface area contributed by atoms with Crippen LogP contribution in [0.15, 0.2) is 40.4 Å². The SMILES string of the molecule is C=C/C(N=C)=C1\C(=C(/C)NC)NCN1C. The van der Waals surface area contributed by atoms with Gasteiger partial charge in [-0.3, -0.25) is 4.99 Å². The summed E-state index contributed by atoms with van der Waals surface area (Å²) in [4.78, 5) is 6.06. The van der Waals surface area contributed by atoms with Crippen LogP contribution in [0.3, 0.4) is 0 Å². The molecule has 4 heteroatoms. The Bertz CT molecular complexity index is 328. The van der Waals surface area contributed by atoms with Gasteiger partial charge < -0.3 is 15.5 Å². The van der Waals surface area contributed by atoms with Crippen molar-refractivity contribution in [3.8, 4) is 0 Å². The Balaban J connectivity index is 3.28. The maximum Gasteiger partial charge on any atom is 0.0892 e. The van der Waals surface area contributed by atoms with E-state index in [1.54, 1.807) is 6.08 Å². The van der Waals surface area contributed by atoms with Gasteiger partial charge in [-0.15, -0.1) is 0 Å². The monoisotopic (exact) mass is 206 g/mol. The van der Waals surface area contributed by atoms with Gasteiger partial charge in [0.25, 0.3) is 0 Å². The average molecular weight is 206 g/mol. The molecule has 82 valence electrons. The number of rotatable bonds is 3. The number of hydrogen-bond acceptors (Lipinski definition) is 4. The Kier molecular flexibility index (Phi) is 3.55. The van der Waals surface area contributed by atoms with Crippen molar-refractivity contribution >= 4 is 6.72 Å². The quantitative estimate of drug-likeness (QED) is 0.677. The molecule has 0 aromatic heterocycles. The summed E-state index contributed by atoms with van der Waals surface area (Å²) in [6.45, 7) is 10.1. The Morgan fingerprint density at radius 1 is 1.67 bits per heavy atom. The van der Waals surface area contributed by atoms with Crippen LogP contribution in [0.25, 0.3) is 0 Å². The molecule has 0 spiro atoms. The van der Waals surface area contributed by atoms with E-state index in [1.807, 2.05) is 21.0 Å². The number of nitrogens with zero attached hydrogens (tertiary/aromatic N) is 2. The molecule has 15 heavy (non-hydrogen) atoms. The Morgan fingerprint density at radius 2 is 2.33 bits per heavy atom. The standard InChI is InChI=1S/C11H18N4/c1-6-9(13-4)11-10(8(2)12-3)14-7-15(11)5/h6,12,14H,1,4,7H2,2-3,5H3/b10-8-,11-9-. The Morgan fingerprint density at radius 3 is 2.80 bits per heavy atom. The van der Waals surface area contributed by atoms with E-state index in [1.165, 1.54) is 0 Å². The van der Waals surface area contributed by atoms with Gasteiger partial charge in [-0.1, -0.05) is 6.58 Å². The lowest BCUT2D eigenvalue weighted by Crippen LogP contribution is -2.15. The predicted octanol–water partition coefficient (Wildman–Crippen LogP) is 1.03. The largest absolute Gasteiger partial charge is 0.390 e. The third kappa shape index (κ3) is 2.03. The van der Waals surface area contributed by atoms with Gasteiger partial charge in [0.05, 0.1) is 23.8 Å². The summed E-state index contributed by atoms with van der Waals surface area (Å²) >= 11 is 0. The summed E-state index contributed by atoms with van der Waals surface area (Å²) in [5.41, 5.74) is 3.97. The first kappa shape index (κ1) is 11.4. The summed E-state index contributed by atoms with van der Waals surface area (Å²) in [6, 6.07) is 0. The van der Waals surface area contributed by atoms with E-state index < -0.39 is 0 Å². The second-order valence-corrected chi connectivity index (χ2v) is 3.38. The van der Waals surface area contributed by atoms with Crippen LogP contribution in [0, 0.1) is 0 Å². The highest BCUT2D eigenvalue weighted by atomic mass is 15.3. The average Bonchev–Trinajstić information content (AvgIpc) is 2.62. The smallest absolute Gasteiger partial charge is 0.0892 e. The van der Waals surface area contributed by atoms with Gasteiger partial charge in [-0.05, 0) is 19.7 Å². The Hall–Kier alpha value is -1.71. The molecule has 0 saturated carbocycles. The van der Waals surface area contributed by atoms with Crippen LogP contribution >= 0.6 is 0 Å². The van der Waals surface area contributed by atoms with Crippen molar-refractivity contribution in [3.63, 3.8) is 0 Å². The first-order valence-electron chi connectivity index (χ1n) is 4.83. The fourth-order valence-corrected chi connectivity index (χ4v) is 1.55. The van der Waals surface area contributed by atoms with Crippen molar-refractivity contribution in [2.24, 2.45) is 4.99 Å². The molecule has 1 saturated heterocycles. The molecule has 1 heterocycles. The highest BCUT2D eigenvalue weighted by Crippen LogP contribution is 2.24. The zero-order valence-corrected chi connectivity index (χ0v) is 9.59. The molecular weight excluding hydrogens is 188 g/mol. The van der Waals surface area contributed by atoms with Crippen molar-refractivity contribution in [2.45, 2.75) is 6.92 Å². The van der Waals surface area contributed by atoms with Gasteiger partial charge in [0.2, 0.25) is 0 Å². The van der Waals surface area contributed by atoms with Gasteiger partial charge >= 0.3 is 0 Å². The van der Waals surface area contributed by atoms with Gasteiger partial charge in [0.1, 0.15) is 0 Å². The van der Waals surface area contributed by atoms with Crippen molar-refractivity contribution in [3.05, 3.63) is 35.4 Å².